The molecule has 5 heteroatoms. The van der Waals surface area contributed by atoms with Crippen LogP contribution < -0.4 is 11.0 Å². The third kappa shape index (κ3) is 3.81. The maximum atomic E-state index is 11.0. The summed E-state index contributed by atoms with van der Waals surface area (Å²) in [4.78, 5) is 17.1. The monoisotopic (exact) mass is 206 g/mol. The fourth-order valence-electron chi connectivity index (χ4n) is 0.964. The predicted octanol–water partition coefficient (Wildman–Crippen LogP) is 1.10. The molecule has 1 heterocycles. The van der Waals surface area contributed by atoms with Crippen LogP contribution >= 0.6 is 0 Å². The molecule has 0 aromatic carbocycles. The number of nitrogens with zero attached hydrogens (tertiary/aromatic N) is 2. The summed E-state index contributed by atoms with van der Waals surface area (Å²) in [6.45, 7) is 6.89. The van der Waals surface area contributed by atoms with Crippen molar-refractivity contribution in [3.8, 4) is 6.07 Å². The summed E-state index contributed by atoms with van der Waals surface area (Å²) < 4.78 is 0. The van der Waals surface area contributed by atoms with Crippen molar-refractivity contribution in [2.24, 2.45) is 5.41 Å². The molecule has 0 fully saturated rings. The SMILES string of the molecule is CC(C)(C)CNc1cc(C#N)[nH]c(=O)n1. The van der Waals surface area contributed by atoms with Gasteiger partial charge in [0.25, 0.3) is 0 Å². The fourth-order valence-corrected chi connectivity index (χ4v) is 0.964. The van der Waals surface area contributed by atoms with E-state index in [2.05, 4.69) is 36.1 Å². The Kier molecular flexibility index (Phi) is 3.10. The first-order chi connectivity index (χ1) is 6.90. The molecule has 1 rings (SSSR count). The molecule has 1 aromatic rings. The van der Waals surface area contributed by atoms with Crippen LogP contribution in [0.4, 0.5) is 5.82 Å². The summed E-state index contributed by atoms with van der Waals surface area (Å²) in [5, 5.41) is 11.7. The van der Waals surface area contributed by atoms with Crippen molar-refractivity contribution in [1.82, 2.24) is 9.97 Å². The van der Waals surface area contributed by atoms with Crippen LogP contribution in [0.2, 0.25) is 0 Å². The quantitative estimate of drug-likeness (QED) is 0.759. The Morgan fingerprint density at radius 3 is 2.80 bits per heavy atom. The van der Waals surface area contributed by atoms with Crippen molar-refractivity contribution in [1.29, 1.82) is 5.26 Å². The molecule has 15 heavy (non-hydrogen) atoms. The lowest BCUT2D eigenvalue weighted by molar-refractivity contribution is 0.442. The Hall–Kier alpha value is -1.83. The number of nitriles is 1. The minimum atomic E-state index is -0.509. The molecule has 5 nitrogen and oxygen atoms in total. The molecule has 0 aliphatic carbocycles. The molecular formula is C10H14N4O. The van der Waals surface area contributed by atoms with E-state index in [-0.39, 0.29) is 11.1 Å². The largest absolute Gasteiger partial charge is 0.369 e. The van der Waals surface area contributed by atoms with E-state index >= 15 is 0 Å². The zero-order valence-corrected chi connectivity index (χ0v) is 9.09. The van der Waals surface area contributed by atoms with Gasteiger partial charge in [0, 0.05) is 12.6 Å². The maximum absolute atomic E-state index is 11.0. The summed E-state index contributed by atoms with van der Waals surface area (Å²) in [6, 6.07) is 3.39. The molecule has 0 saturated carbocycles. The van der Waals surface area contributed by atoms with Crippen molar-refractivity contribution < 1.29 is 0 Å². The molecule has 0 aliphatic rings. The van der Waals surface area contributed by atoms with Crippen molar-refractivity contribution in [3.63, 3.8) is 0 Å². The molecule has 1 aromatic heterocycles. The average Bonchev–Trinajstić information content (AvgIpc) is 2.13. The van der Waals surface area contributed by atoms with Gasteiger partial charge in [-0.25, -0.2) is 4.79 Å². The first kappa shape index (κ1) is 11.2. The first-order valence-corrected chi connectivity index (χ1v) is 4.66. The highest BCUT2D eigenvalue weighted by molar-refractivity contribution is 5.38. The Bertz CT molecular complexity index is 436. The number of aromatic amines is 1. The van der Waals surface area contributed by atoms with E-state index in [0.717, 1.165) is 0 Å². The van der Waals surface area contributed by atoms with Crippen LogP contribution in [0.1, 0.15) is 26.5 Å². The summed E-state index contributed by atoms with van der Waals surface area (Å²) in [6.07, 6.45) is 0. The van der Waals surface area contributed by atoms with Crippen LogP contribution in [0.3, 0.4) is 0 Å². The van der Waals surface area contributed by atoms with Gasteiger partial charge in [-0.15, -0.1) is 0 Å². The van der Waals surface area contributed by atoms with Gasteiger partial charge >= 0.3 is 5.69 Å². The molecule has 0 radical (unpaired) electrons. The van der Waals surface area contributed by atoms with Crippen molar-refractivity contribution >= 4 is 5.82 Å². The van der Waals surface area contributed by atoms with Crippen molar-refractivity contribution in [3.05, 3.63) is 22.2 Å². The van der Waals surface area contributed by atoms with Gasteiger partial charge < -0.3 is 5.32 Å². The van der Waals surface area contributed by atoms with Gasteiger partial charge in [0.2, 0.25) is 0 Å². The average molecular weight is 206 g/mol. The number of anilines is 1. The standard InChI is InChI=1S/C10H14N4O/c1-10(2,3)6-12-8-4-7(5-11)13-9(15)14-8/h4H,6H2,1-3H3,(H2,12,13,14,15). The van der Waals surface area contributed by atoms with Gasteiger partial charge in [-0.1, -0.05) is 20.8 Å². The van der Waals surface area contributed by atoms with E-state index < -0.39 is 5.69 Å². The van der Waals surface area contributed by atoms with Crippen LogP contribution in [-0.2, 0) is 0 Å². The van der Waals surface area contributed by atoms with Crippen LogP contribution in [0.5, 0.6) is 0 Å². The highest BCUT2D eigenvalue weighted by Gasteiger charge is 2.10. The predicted molar refractivity (Wildman–Crippen MR) is 57.5 cm³/mol. The summed E-state index contributed by atoms with van der Waals surface area (Å²) in [7, 11) is 0. The molecule has 0 atom stereocenters. The zero-order valence-electron chi connectivity index (χ0n) is 9.09. The molecule has 0 spiro atoms. The summed E-state index contributed by atoms with van der Waals surface area (Å²) in [5.41, 5.74) is -0.200. The van der Waals surface area contributed by atoms with Gasteiger partial charge in [0.1, 0.15) is 17.6 Å². The number of hydrogen-bond acceptors (Lipinski definition) is 4. The molecular weight excluding hydrogens is 192 g/mol. The fraction of sp³-hybridized carbons (Fsp3) is 0.500. The van der Waals surface area contributed by atoms with Gasteiger partial charge in [0.05, 0.1) is 0 Å². The topological polar surface area (TPSA) is 81.6 Å². The molecule has 0 unspecified atom stereocenters. The number of nitrogens with one attached hydrogen (secondary N) is 2. The summed E-state index contributed by atoms with van der Waals surface area (Å²) in [5.74, 6) is 0.435. The van der Waals surface area contributed by atoms with Crippen LogP contribution in [-0.4, -0.2) is 16.5 Å². The molecule has 0 aliphatic heterocycles. The molecule has 0 bridgehead atoms. The maximum Gasteiger partial charge on any atom is 0.347 e. The number of hydrogen-bond donors (Lipinski definition) is 2. The van der Waals surface area contributed by atoms with E-state index in [0.29, 0.717) is 12.4 Å². The highest BCUT2D eigenvalue weighted by Crippen LogP contribution is 2.13. The van der Waals surface area contributed by atoms with E-state index in [1.165, 1.54) is 6.07 Å². The summed E-state index contributed by atoms with van der Waals surface area (Å²) >= 11 is 0. The second-order valence-corrected chi connectivity index (χ2v) is 4.51. The molecule has 2 N–H and O–H groups in total. The second-order valence-electron chi connectivity index (χ2n) is 4.51. The Morgan fingerprint density at radius 2 is 2.27 bits per heavy atom. The normalized spacial score (nSPS) is 10.8. The molecule has 0 saturated heterocycles. The van der Waals surface area contributed by atoms with E-state index in [9.17, 15) is 4.79 Å². The van der Waals surface area contributed by atoms with Gasteiger partial charge in [0.15, 0.2) is 0 Å². The van der Waals surface area contributed by atoms with E-state index in [4.69, 9.17) is 5.26 Å². The Balaban J connectivity index is 2.83. The van der Waals surface area contributed by atoms with Crippen LogP contribution in [0.25, 0.3) is 0 Å². The lowest BCUT2D eigenvalue weighted by Gasteiger charge is -2.18. The van der Waals surface area contributed by atoms with Crippen molar-refractivity contribution in [2.45, 2.75) is 20.8 Å². The lowest BCUT2D eigenvalue weighted by atomic mass is 9.97. The van der Waals surface area contributed by atoms with Gasteiger partial charge in [-0.2, -0.15) is 10.2 Å². The van der Waals surface area contributed by atoms with Crippen LogP contribution in [0, 0.1) is 16.7 Å². The Morgan fingerprint density at radius 1 is 1.60 bits per heavy atom. The first-order valence-electron chi connectivity index (χ1n) is 4.66. The van der Waals surface area contributed by atoms with Gasteiger partial charge in [-0.3, -0.25) is 4.98 Å². The molecule has 0 amide bonds. The van der Waals surface area contributed by atoms with Crippen LogP contribution in [0.15, 0.2) is 10.9 Å². The smallest absolute Gasteiger partial charge is 0.347 e. The number of rotatable bonds is 2. The second kappa shape index (κ2) is 4.13. The molecule has 80 valence electrons. The number of H-pyrrole nitrogens is 1. The van der Waals surface area contributed by atoms with Gasteiger partial charge in [-0.05, 0) is 5.41 Å². The lowest BCUT2D eigenvalue weighted by Crippen LogP contribution is -2.22. The number of aromatic nitrogens is 2. The zero-order chi connectivity index (χ0) is 11.5. The minimum absolute atomic E-state index is 0.0943. The van der Waals surface area contributed by atoms with Crippen molar-refractivity contribution in [2.75, 3.05) is 11.9 Å². The Labute approximate surface area is 88.2 Å². The van der Waals surface area contributed by atoms with E-state index in [1.54, 1.807) is 0 Å². The van der Waals surface area contributed by atoms with E-state index in [1.807, 2.05) is 6.07 Å². The third-order valence-electron chi connectivity index (χ3n) is 1.66. The highest BCUT2D eigenvalue weighted by atomic mass is 16.1. The third-order valence-corrected chi connectivity index (χ3v) is 1.66. The minimum Gasteiger partial charge on any atom is -0.369 e.